The van der Waals surface area contributed by atoms with E-state index in [2.05, 4.69) is 51.7 Å². The van der Waals surface area contributed by atoms with E-state index in [4.69, 9.17) is 0 Å². The fourth-order valence-electron chi connectivity index (χ4n) is 2.80. The van der Waals surface area contributed by atoms with E-state index < -0.39 is 10.0 Å². The Labute approximate surface area is 201 Å². The van der Waals surface area contributed by atoms with Crippen LogP contribution in [0.25, 0.3) is 0 Å². The highest BCUT2D eigenvalue weighted by Crippen LogP contribution is 2.21. The molecule has 6 nitrogen and oxygen atoms in total. The summed E-state index contributed by atoms with van der Waals surface area (Å²) in [6, 6.07) is 14.0. The number of nitrogens with zero attached hydrogens (tertiary/aromatic N) is 1. The van der Waals surface area contributed by atoms with E-state index in [0.717, 1.165) is 23.6 Å². The molecule has 2 aromatic carbocycles. The average molecular weight is 563 g/mol. The smallest absolute Gasteiger partial charge is 0.215 e. The molecule has 0 amide bonds. The minimum Gasteiger partial charge on any atom is -0.357 e. The Balaban J connectivity index is 0.00000450. The van der Waals surface area contributed by atoms with Gasteiger partial charge in [-0.2, -0.15) is 0 Å². The summed E-state index contributed by atoms with van der Waals surface area (Å²) in [7, 11) is -1.87. The molecule has 0 unspecified atom stereocenters. The molecule has 2 aromatic rings. The van der Waals surface area contributed by atoms with Crippen LogP contribution in [0.15, 0.2) is 52.4 Å². The van der Waals surface area contributed by atoms with E-state index in [1.54, 1.807) is 11.8 Å². The van der Waals surface area contributed by atoms with Crippen LogP contribution >= 0.6 is 35.7 Å². The monoisotopic (exact) mass is 562 g/mol. The van der Waals surface area contributed by atoms with Crippen LogP contribution in [0, 0.1) is 6.92 Å². The zero-order valence-corrected chi connectivity index (χ0v) is 21.8. The number of rotatable bonds is 9. The summed E-state index contributed by atoms with van der Waals surface area (Å²) in [5.41, 5.74) is 4.19. The fraction of sp³-hybridized carbons (Fsp3) is 0.381. The van der Waals surface area contributed by atoms with Gasteiger partial charge in [0.15, 0.2) is 5.96 Å². The van der Waals surface area contributed by atoms with E-state index >= 15 is 0 Å². The summed E-state index contributed by atoms with van der Waals surface area (Å²) in [5, 5.41) is 6.64. The van der Waals surface area contributed by atoms with Crippen molar-refractivity contribution in [2.24, 2.45) is 4.99 Å². The first kappa shape index (κ1) is 26.7. The molecule has 0 heterocycles. The number of benzene rings is 2. The molecule has 0 saturated heterocycles. The first-order valence-corrected chi connectivity index (χ1v) is 12.4. The van der Waals surface area contributed by atoms with Crippen molar-refractivity contribution in [2.75, 3.05) is 19.8 Å². The zero-order valence-electron chi connectivity index (χ0n) is 17.9. The molecule has 0 aliphatic rings. The van der Waals surface area contributed by atoms with Crippen molar-refractivity contribution in [2.45, 2.75) is 37.6 Å². The molecular weight excluding hydrogens is 531 g/mol. The molecule has 0 radical (unpaired) electrons. The Morgan fingerprint density at radius 1 is 1.10 bits per heavy atom. The van der Waals surface area contributed by atoms with Crippen LogP contribution in [0.2, 0.25) is 0 Å². The third kappa shape index (κ3) is 8.83. The van der Waals surface area contributed by atoms with Gasteiger partial charge in [0.25, 0.3) is 0 Å². The SMILES string of the molecule is CCNC(=NCc1cccc(CS(=O)(=O)NC)c1)NCc1ccc(C)cc1SC.I. The van der Waals surface area contributed by atoms with E-state index in [-0.39, 0.29) is 29.7 Å². The lowest BCUT2D eigenvalue weighted by atomic mass is 10.1. The lowest BCUT2D eigenvalue weighted by Gasteiger charge is -2.14. The van der Waals surface area contributed by atoms with E-state index in [9.17, 15) is 8.42 Å². The van der Waals surface area contributed by atoms with Crippen molar-refractivity contribution in [1.82, 2.24) is 15.4 Å². The minimum atomic E-state index is -3.29. The molecule has 0 fully saturated rings. The first-order valence-electron chi connectivity index (χ1n) is 9.51. The Bertz CT molecular complexity index is 950. The molecule has 0 atom stereocenters. The Hall–Kier alpha value is -1.30. The summed E-state index contributed by atoms with van der Waals surface area (Å²) in [4.78, 5) is 5.91. The van der Waals surface area contributed by atoms with Gasteiger partial charge in [0, 0.05) is 18.0 Å². The quantitative estimate of drug-likeness (QED) is 0.188. The van der Waals surface area contributed by atoms with Gasteiger partial charge in [-0.15, -0.1) is 35.7 Å². The maximum Gasteiger partial charge on any atom is 0.215 e. The Kier molecular flexibility index (Phi) is 11.7. The first-order chi connectivity index (χ1) is 13.9. The third-order valence-electron chi connectivity index (χ3n) is 4.31. The van der Waals surface area contributed by atoms with E-state index in [1.165, 1.54) is 23.1 Å². The van der Waals surface area contributed by atoms with Crippen LogP contribution in [0.3, 0.4) is 0 Å². The van der Waals surface area contributed by atoms with Gasteiger partial charge in [0.05, 0.1) is 12.3 Å². The van der Waals surface area contributed by atoms with Gasteiger partial charge in [0.2, 0.25) is 10.0 Å². The number of hydrogen-bond donors (Lipinski definition) is 3. The second-order valence-corrected chi connectivity index (χ2v) is 9.42. The van der Waals surface area contributed by atoms with Crippen molar-refractivity contribution in [3.05, 3.63) is 64.7 Å². The van der Waals surface area contributed by atoms with Gasteiger partial charge >= 0.3 is 0 Å². The molecule has 30 heavy (non-hydrogen) atoms. The zero-order chi connectivity index (χ0) is 21.3. The minimum absolute atomic E-state index is 0. The topological polar surface area (TPSA) is 82.6 Å². The molecule has 0 aliphatic carbocycles. The maximum absolute atomic E-state index is 11.8. The summed E-state index contributed by atoms with van der Waals surface area (Å²) in [6.07, 6.45) is 2.08. The number of guanidine groups is 1. The predicted octanol–water partition coefficient (Wildman–Crippen LogP) is 3.64. The Morgan fingerprint density at radius 2 is 1.83 bits per heavy atom. The van der Waals surface area contributed by atoms with Crippen molar-refractivity contribution < 1.29 is 8.42 Å². The highest BCUT2D eigenvalue weighted by atomic mass is 127. The predicted molar refractivity (Wildman–Crippen MR) is 138 cm³/mol. The summed E-state index contributed by atoms with van der Waals surface area (Å²) >= 11 is 1.74. The molecular formula is C21H31IN4O2S2. The summed E-state index contributed by atoms with van der Waals surface area (Å²) < 4.78 is 25.9. The summed E-state index contributed by atoms with van der Waals surface area (Å²) in [5.74, 6) is 0.693. The van der Waals surface area contributed by atoms with Crippen LogP contribution in [-0.4, -0.2) is 34.2 Å². The van der Waals surface area contributed by atoms with Crippen molar-refractivity contribution in [3.8, 4) is 0 Å². The van der Waals surface area contributed by atoms with Crippen molar-refractivity contribution in [1.29, 1.82) is 0 Å². The van der Waals surface area contributed by atoms with Crippen molar-refractivity contribution in [3.63, 3.8) is 0 Å². The van der Waals surface area contributed by atoms with Gasteiger partial charge in [-0.3, -0.25) is 0 Å². The van der Waals surface area contributed by atoms with Crippen LogP contribution in [0.4, 0.5) is 0 Å². The highest BCUT2D eigenvalue weighted by Gasteiger charge is 2.09. The molecule has 9 heteroatoms. The molecule has 166 valence electrons. The number of nitrogens with one attached hydrogen (secondary N) is 3. The lowest BCUT2D eigenvalue weighted by molar-refractivity contribution is 0.587. The van der Waals surface area contributed by atoms with Crippen LogP contribution in [0.1, 0.15) is 29.2 Å². The maximum atomic E-state index is 11.8. The molecule has 3 N–H and O–H groups in total. The molecule has 0 spiro atoms. The normalized spacial score (nSPS) is 11.7. The molecule has 0 aliphatic heterocycles. The molecule has 0 aromatic heterocycles. The second kappa shape index (κ2) is 13.2. The third-order valence-corrected chi connectivity index (χ3v) is 6.47. The number of aryl methyl sites for hydroxylation is 1. The van der Waals surface area contributed by atoms with Gasteiger partial charge in [-0.25, -0.2) is 18.1 Å². The molecule has 0 bridgehead atoms. The van der Waals surface area contributed by atoms with E-state index in [1.807, 2.05) is 31.2 Å². The standard InChI is InChI=1S/C21H30N4O2S2.HI/c1-5-23-21(25-14-19-10-9-16(2)11-20(19)28-4)24-13-17-7-6-8-18(12-17)15-29(26,27)22-3;/h6-12,22H,5,13-15H2,1-4H3,(H2,23,24,25);1H. The summed E-state index contributed by atoms with van der Waals surface area (Å²) in [6.45, 7) is 6.03. The Morgan fingerprint density at radius 3 is 2.50 bits per heavy atom. The molecule has 0 saturated carbocycles. The number of sulfonamides is 1. The fourth-order valence-corrected chi connectivity index (χ4v) is 4.27. The number of aliphatic imine (C=N–C) groups is 1. The van der Waals surface area contributed by atoms with Gasteiger partial charge in [-0.1, -0.05) is 36.4 Å². The number of halogens is 1. The number of hydrogen-bond acceptors (Lipinski definition) is 4. The van der Waals surface area contributed by atoms with Crippen LogP contribution in [0.5, 0.6) is 0 Å². The highest BCUT2D eigenvalue weighted by molar-refractivity contribution is 14.0. The average Bonchev–Trinajstić information content (AvgIpc) is 2.70. The van der Waals surface area contributed by atoms with Gasteiger partial charge in [-0.05, 0) is 55.5 Å². The van der Waals surface area contributed by atoms with Gasteiger partial charge < -0.3 is 10.6 Å². The van der Waals surface area contributed by atoms with Crippen LogP contribution < -0.4 is 15.4 Å². The van der Waals surface area contributed by atoms with Crippen LogP contribution in [-0.2, 0) is 28.9 Å². The number of thioether (sulfide) groups is 1. The largest absolute Gasteiger partial charge is 0.357 e. The van der Waals surface area contributed by atoms with E-state index in [0.29, 0.717) is 13.1 Å². The second-order valence-electron chi connectivity index (χ2n) is 6.65. The lowest BCUT2D eigenvalue weighted by Crippen LogP contribution is -2.36. The van der Waals surface area contributed by atoms with Gasteiger partial charge in [0.1, 0.15) is 0 Å². The van der Waals surface area contributed by atoms with Crippen molar-refractivity contribution >= 4 is 51.7 Å². The molecule has 2 rings (SSSR count).